The molecule has 5 aromatic rings. The lowest BCUT2D eigenvalue weighted by Crippen LogP contribution is -2.33. The molecule has 1 atom stereocenters. The van der Waals surface area contributed by atoms with Crippen LogP contribution < -0.4 is 15.0 Å². The van der Waals surface area contributed by atoms with Crippen molar-refractivity contribution in [3.63, 3.8) is 0 Å². The zero-order valence-electron chi connectivity index (χ0n) is 23.3. The van der Waals surface area contributed by atoms with Crippen LogP contribution in [0.3, 0.4) is 0 Å². The number of nitrogens with zero attached hydrogens (tertiary/aromatic N) is 1. The number of carbonyl (C=O) groups excluding carboxylic acids is 1. The van der Waals surface area contributed by atoms with Gasteiger partial charge in [0, 0.05) is 52.1 Å². The number of rotatable bonds is 5. The van der Waals surface area contributed by atoms with Crippen molar-refractivity contribution < 1.29 is 14.3 Å². The van der Waals surface area contributed by atoms with E-state index < -0.39 is 5.60 Å². The highest BCUT2D eigenvalue weighted by Crippen LogP contribution is 2.57. The summed E-state index contributed by atoms with van der Waals surface area (Å²) in [5.41, 5.74) is 8.13. The zero-order valence-corrected chi connectivity index (χ0v) is 23.3. The fourth-order valence-corrected chi connectivity index (χ4v) is 6.03. The number of anilines is 4. The fraction of sp³-hybridized carbons (Fsp3) is 0.139. The molecule has 7 rings (SSSR count). The third-order valence-electron chi connectivity index (χ3n) is 8.07. The van der Waals surface area contributed by atoms with Gasteiger partial charge in [-0.25, -0.2) is 4.79 Å². The average molecular weight is 539 g/mol. The lowest BCUT2D eigenvalue weighted by Gasteiger charge is -2.38. The number of esters is 1. The van der Waals surface area contributed by atoms with E-state index >= 15 is 0 Å². The van der Waals surface area contributed by atoms with E-state index in [2.05, 4.69) is 73.5 Å². The van der Waals surface area contributed by atoms with E-state index in [0.29, 0.717) is 17.1 Å². The van der Waals surface area contributed by atoms with Gasteiger partial charge < -0.3 is 19.7 Å². The molecule has 2 aliphatic heterocycles. The Morgan fingerprint density at radius 1 is 0.732 bits per heavy atom. The Morgan fingerprint density at radius 2 is 1.44 bits per heavy atom. The number of ether oxygens (including phenoxy) is 2. The van der Waals surface area contributed by atoms with Crippen LogP contribution in [0.1, 0.15) is 45.1 Å². The van der Waals surface area contributed by atoms with Gasteiger partial charge in [-0.2, -0.15) is 0 Å². The minimum absolute atomic E-state index is 0.337. The topological polar surface area (TPSA) is 50.8 Å². The maximum atomic E-state index is 13.3. The molecular weight excluding hydrogens is 508 g/mol. The van der Waals surface area contributed by atoms with Gasteiger partial charge in [-0.15, -0.1) is 0 Å². The number of hydrogen-bond donors (Lipinski definition) is 1. The van der Waals surface area contributed by atoms with Crippen LogP contribution in [0, 0.1) is 13.8 Å². The molecular formula is C36H30N2O3. The molecule has 0 aromatic heterocycles. The molecule has 0 fully saturated rings. The predicted molar refractivity (Wildman–Crippen MR) is 163 cm³/mol. The molecule has 2 aliphatic rings. The summed E-state index contributed by atoms with van der Waals surface area (Å²) in [4.78, 5) is 15.6. The Balaban J connectivity index is 1.41. The van der Waals surface area contributed by atoms with Gasteiger partial charge in [-0.05, 0) is 80.9 Å². The molecule has 0 saturated heterocycles. The second-order valence-corrected chi connectivity index (χ2v) is 10.6. The number of carbonyl (C=O) groups is 1. The summed E-state index contributed by atoms with van der Waals surface area (Å²) < 4.78 is 13.1. The zero-order chi connectivity index (χ0) is 28.1. The van der Waals surface area contributed by atoms with E-state index in [9.17, 15) is 4.79 Å². The van der Waals surface area contributed by atoms with Gasteiger partial charge in [0.1, 0.15) is 11.5 Å². The van der Waals surface area contributed by atoms with Crippen LogP contribution in [0.2, 0.25) is 0 Å². The lowest BCUT2D eigenvalue weighted by atomic mass is 9.77. The predicted octanol–water partition coefficient (Wildman–Crippen LogP) is 8.77. The van der Waals surface area contributed by atoms with Gasteiger partial charge in [0.2, 0.25) is 0 Å². The van der Waals surface area contributed by atoms with Crippen LogP contribution in [-0.4, -0.2) is 12.5 Å². The van der Waals surface area contributed by atoms with E-state index in [0.717, 1.165) is 51.5 Å². The molecule has 0 saturated carbocycles. The van der Waals surface area contributed by atoms with Crippen LogP contribution in [0.15, 0.2) is 109 Å². The Hall–Kier alpha value is -5.03. The normalized spacial score (nSPS) is 16.3. The molecule has 0 aliphatic carbocycles. The molecule has 1 N–H and O–H groups in total. The van der Waals surface area contributed by atoms with Crippen LogP contribution >= 0.6 is 0 Å². The Bertz CT molecular complexity index is 1800. The van der Waals surface area contributed by atoms with E-state index in [1.807, 2.05) is 66.7 Å². The van der Waals surface area contributed by atoms with Gasteiger partial charge in [0.15, 0.2) is 5.60 Å². The Kier molecular flexibility index (Phi) is 5.82. The first-order valence-electron chi connectivity index (χ1n) is 13.9. The van der Waals surface area contributed by atoms with Gasteiger partial charge in [0.25, 0.3) is 0 Å². The van der Waals surface area contributed by atoms with Crippen molar-refractivity contribution in [2.75, 3.05) is 16.8 Å². The highest BCUT2D eigenvalue weighted by molar-refractivity contribution is 5.97. The van der Waals surface area contributed by atoms with Gasteiger partial charge in [-0.3, -0.25) is 0 Å². The molecule has 0 bridgehead atoms. The SMILES string of the molecule is CCN(c1ccc(C)cc1)c1ccc2c(c1)Oc1cc(C)c(Nc3ccccc3)cc1[C@@]21OC(=O)c2ccccc21. The standard InChI is InChI=1S/C36H30N2O3/c1-4-38(26-16-14-23(2)15-17-26)27-18-19-30-34(21-27)40-33-20-24(3)32(37-25-10-6-5-7-11-25)22-31(33)36(30)29-13-9-8-12-28(29)35(39)41-36/h5-22,37H,4H2,1-3H3/t36-/m0/s1. The number of aryl methyl sites for hydroxylation is 2. The summed E-state index contributed by atoms with van der Waals surface area (Å²) in [6, 6.07) is 36.5. The first-order chi connectivity index (χ1) is 20.0. The molecule has 5 nitrogen and oxygen atoms in total. The molecule has 41 heavy (non-hydrogen) atoms. The Labute approximate surface area is 240 Å². The highest BCUT2D eigenvalue weighted by Gasteiger charge is 2.53. The van der Waals surface area contributed by atoms with Crippen molar-refractivity contribution in [3.05, 3.63) is 143 Å². The third-order valence-corrected chi connectivity index (χ3v) is 8.07. The molecule has 0 unspecified atom stereocenters. The maximum Gasteiger partial charge on any atom is 0.340 e. The number of para-hydroxylation sites is 1. The molecule has 1 spiro atoms. The van der Waals surface area contributed by atoms with Crippen molar-refractivity contribution in [1.82, 2.24) is 0 Å². The summed E-state index contributed by atoms with van der Waals surface area (Å²) in [7, 11) is 0. The number of nitrogens with one attached hydrogen (secondary N) is 1. The molecule has 5 heteroatoms. The van der Waals surface area contributed by atoms with E-state index in [-0.39, 0.29) is 5.97 Å². The number of fused-ring (bicyclic) bond motifs is 6. The highest BCUT2D eigenvalue weighted by atomic mass is 16.6. The monoisotopic (exact) mass is 538 g/mol. The number of benzene rings is 5. The second-order valence-electron chi connectivity index (χ2n) is 10.6. The largest absolute Gasteiger partial charge is 0.456 e. The molecule has 0 amide bonds. The van der Waals surface area contributed by atoms with E-state index in [1.54, 1.807) is 0 Å². The van der Waals surface area contributed by atoms with Crippen LogP contribution in [0.4, 0.5) is 22.7 Å². The fourth-order valence-electron chi connectivity index (χ4n) is 6.03. The average Bonchev–Trinajstić information content (AvgIpc) is 3.28. The van der Waals surface area contributed by atoms with Gasteiger partial charge in [0.05, 0.1) is 5.56 Å². The van der Waals surface area contributed by atoms with Crippen molar-refractivity contribution in [2.45, 2.75) is 26.4 Å². The van der Waals surface area contributed by atoms with Crippen LogP contribution in [0.25, 0.3) is 0 Å². The van der Waals surface area contributed by atoms with Crippen LogP contribution in [-0.2, 0) is 10.3 Å². The molecule has 0 radical (unpaired) electrons. The van der Waals surface area contributed by atoms with E-state index in [4.69, 9.17) is 9.47 Å². The quantitative estimate of drug-likeness (QED) is 0.227. The van der Waals surface area contributed by atoms with Gasteiger partial charge >= 0.3 is 5.97 Å². The summed E-state index contributed by atoms with van der Waals surface area (Å²) in [6.45, 7) is 7.07. The second kappa shape index (κ2) is 9.56. The third kappa shape index (κ3) is 3.96. The smallest absolute Gasteiger partial charge is 0.340 e. The van der Waals surface area contributed by atoms with Crippen LogP contribution in [0.5, 0.6) is 11.5 Å². The first-order valence-corrected chi connectivity index (χ1v) is 13.9. The van der Waals surface area contributed by atoms with Crippen molar-refractivity contribution in [1.29, 1.82) is 0 Å². The lowest BCUT2D eigenvalue weighted by molar-refractivity contribution is 0.0224. The Morgan fingerprint density at radius 3 is 2.22 bits per heavy atom. The molecule has 5 aromatic carbocycles. The molecule has 202 valence electrons. The van der Waals surface area contributed by atoms with Gasteiger partial charge in [-0.1, -0.05) is 54.1 Å². The van der Waals surface area contributed by atoms with Crippen molar-refractivity contribution in [3.8, 4) is 11.5 Å². The van der Waals surface area contributed by atoms with Crippen molar-refractivity contribution in [2.24, 2.45) is 0 Å². The van der Waals surface area contributed by atoms with Crippen molar-refractivity contribution >= 4 is 28.7 Å². The number of hydrogen-bond acceptors (Lipinski definition) is 5. The maximum absolute atomic E-state index is 13.3. The summed E-state index contributed by atoms with van der Waals surface area (Å²) in [5, 5.41) is 3.54. The van der Waals surface area contributed by atoms with E-state index in [1.165, 1.54) is 5.56 Å². The molecule has 2 heterocycles. The first kappa shape index (κ1) is 25.0. The summed E-state index contributed by atoms with van der Waals surface area (Å²) in [5.74, 6) is 1.01. The minimum Gasteiger partial charge on any atom is -0.456 e. The summed E-state index contributed by atoms with van der Waals surface area (Å²) in [6.07, 6.45) is 0. The summed E-state index contributed by atoms with van der Waals surface area (Å²) >= 11 is 0. The minimum atomic E-state index is -1.13.